The molecule has 1 heterocycles. The van der Waals surface area contributed by atoms with Gasteiger partial charge in [0.2, 0.25) is 5.95 Å². The monoisotopic (exact) mass is 355 g/mol. The highest BCUT2D eigenvalue weighted by Gasteiger charge is 2.09. The van der Waals surface area contributed by atoms with Crippen LogP contribution in [0.15, 0.2) is 54.9 Å². The third-order valence-corrected chi connectivity index (χ3v) is 3.47. The lowest BCUT2D eigenvalue weighted by Crippen LogP contribution is -2.20. The topological polar surface area (TPSA) is 72.3 Å². The number of amides is 1. The number of hydrogen-bond donors (Lipinski definition) is 1. The van der Waals surface area contributed by atoms with E-state index in [1.807, 2.05) is 20.2 Å². The molecule has 0 unspecified atom stereocenters. The van der Waals surface area contributed by atoms with Crippen LogP contribution in [-0.2, 0) is 4.79 Å². The number of ether oxygens (including phenoxy) is 1. The predicted octanol–water partition coefficient (Wildman–Crippen LogP) is 2.49. The van der Waals surface area contributed by atoms with Gasteiger partial charge in [-0.1, -0.05) is 18.2 Å². The molecule has 0 radical (unpaired) electrons. The summed E-state index contributed by atoms with van der Waals surface area (Å²) in [6.07, 6.45) is 1.59. The molecule has 0 saturated heterocycles. The molecule has 1 N–H and O–H groups in total. The van der Waals surface area contributed by atoms with Crippen molar-refractivity contribution < 1.29 is 13.9 Å². The van der Waals surface area contributed by atoms with E-state index in [9.17, 15) is 9.18 Å². The summed E-state index contributed by atoms with van der Waals surface area (Å²) < 4.78 is 20.3. The Hall–Kier alpha value is -3.42. The highest BCUT2D eigenvalue weighted by atomic mass is 19.1. The van der Waals surface area contributed by atoms with Gasteiger partial charge in [0.15, 0.2) is 18.2 Å². The van der Waals surface area contributed by atoms with Gasteiger partial charge < -0.3 is 15.0 Å². The van der Waals surface area contributed by atoms with Gasteiger partial charge in [-0.2, -0.15) is 4.98 Å². The summed E-state index contributed by atoms with van der Waals surface area (Å²) in [4.78, 5) is 18.0. The average molecular weight is 355 g/mol. The molecule has 0 spiro atoms. The van der Waals surface area contributed by atoms with Gasteiger partial charge in [-0.3, -0.25) is 4.79 Å². The highest BCUT2D eigenvalue weighted by molar-refractivity contribution is 5.92. The highest BCUT2D eigenvalue weighted by Crippen LogP contribution is 2.17. The van der Waals surface area contributed by atoms with Crippen molar-refractivity contribution in [1.29, 1.82) is 0 Å². The molecular formula is C18H18FN5O2. The zero-order chi connectivity index (χ0) is 18.5. The van der Waals surface area contributed by atoms with Gasteiger partial charge >= 0.3 is 0 Å². The molecule has 0 aliphatic heterocycles. The number of nitrogens with one attached hydrogen (secondary N) is 1. The minimum absolute atomic E-state index is 0.0373. The van der Waals surface area contributed by atoms with Crippen LogP contribution >= 0.6 is 0 Å². The standard InChI is InChI=1S/C18H18FN5O2/c1-23(2)18-20-12-24(22-18)14-7-5-6-13(10-14)21-17(25)11-26-16-9-4-3-8-15(16)19/h3-10,12H,11H2,1-2H3,(H,21,25). The number of para-hydroxylation sites is 1. The van der Waals surface area contributed by atoms with Crippen LogP contribution in [0.3, 0.4) is 0 Å². The Labute approximate surface area is 150 Å². The molecule has 3 rings (SSSR count). The largest absolute Gasteiger partial charge is 0.481 e. The summed E-state index contributed by atoms with van der Waals surface area (Å²) in [5, 5.41) is 7.05. The van der Waals surface area contributed by atoms with Crippen molar-refractivity contribution >= 4 is 17.5 Å². The zero-order valence-corrected chi connectivity index (χ0v) is 14.4. The number of nitrogens with zero attached hydrogens (tertiary/aromatic N) is 4. The Morgan fingerprint density at radius 2 is 2.04 bits per heavy atom. The SMILES string of the molecule is CN(C)c1ncn(-c2cccc(NC(=O)COc3ccccc3F)c2)n1. The fourth-order valence-corrected chi connectivity index (χ4v) is 2.21. The molecule has 0 aliphatic rings. The summed E-state index contributed by atoms with van der Waals surface area (Å²) in [5.41, 5.74) is 1.32. The van der Waals surface area contributed by atoms with Gasteiger partial charge in [0.25, 0.3) is 5.91 Å². The molecule has 0 fully saturated rings. The fraction of sp³-hybridized carbons (Fsp3) is 0.167. The second-order valence-electron chi connectivity index (χ2n) is 5.70. The number of benzene rings is 2. The Kier molecular flexibility index (Phi) is 5.12. The smallest absolute Gasteiger partial charge is 0.262 e. The van der Waals surface area contributed by atoms with E-state index in [4.69, 9.17) is 4.74 Å². The average Bonchev–Trinajstić information content (AvgIpc) is 3.12. The third-order valence-electron chi connectivity index (χ3n) is 3.47. The fourth-order valence-electron chi connectivity index (χ4n) is 2.21. The van der Waals surface area contributed by atoms with Crippen molar-refractivity contribution in [1.82, 2.24) is 14.8 Å². The minimum atomic E-state index is -0.509. The summed E-state index contributed by atoms with van der Waals surface area (Å²) in [6.45, 7) is -0.292. The van der Waals surface area contributed by atoms with E-state index in [-0.39, 0.29) is 12.4 Å². The maximum atomic E-state index is 13.5. The van der Waals surface area contributed by atoms with Gasteiger partial charge in [-0.15, -0.1) is 5.10 Å². The maximum absolute atomic E-state index is 13.5. The summed E-state index contributed by atoms with van der Waals surface area (Å²) in [7, 11) is 3.71. The first-order valence-corrected chi connectivity index (χ1v) is 7.89. The number of rotatable bonds is 6. The van der Waals surface area contributed by atoms with E-state index in [1.54, 1.807) is 46.2 Å². The summed E-state index contributed by atoms with van der Waals surface area (Å²) >= 11 is 0. The van der Waals surface area contributed by atoms with Gasteiger partial charge in [-0.05, 0) is 30.3 Å². The first kappa shape index (κ1) is 17.4. The Morgan fingerprint density at radius 1 is 1.23 bits per heavy atom. The number of hydrogen-bond acceptors (Lipinski definition) is 5. The molecule has 26 heavy (non-hydrogen) atoms. The number of aromatic nitrogens is 3. The summed E-state index contributed by atoms with van der Waals surface area (Å²) in [5.74, 6) is -0.281. The maximum Gasteiger partial charge on any atom is 0.262 e. The molecule has 0 saturated carbocycles. The molecule has 1 amide bonds. The van der Waals surface area contributed by atoms with Gasteiger partial charge in [0.05, 0.1) is 5.69 Å². The number of anilines is 2. The third kappa shape index (κ3) is 4.15. The van der Waals surface area contributed by atoms with E-state index >= 15 is 0 Å². The first-order valence-electron chi connectivity index (χ1n) is 7.89. The zero-order valence-electron chi connectivity index (χ0n) is 14.4. The van der Waals surface area contributed by atoms with Crippen LogP contribution in [0.25, 0.3) is 5.69 Å². The molecule has 8 heteroatoms. The van der Waals surface area contributed by atoms with Gasteiger partial charge in [0.1, 0.15) is 6.33 Å². The normalized spacial score (nSPS) is 10.4. The molecule has 134 valence electrons. The van der Waals surface area contributed by atoms with E-state index in [2.05, 4.69) is 15.4 Å². The van der Waals surface area contributed by atoms with Crippen molar-refractivity contribution in [3.05, 3.63) is 60.7 Å². The van der Waals surface area contributed by atoms with Crippen LogP contribution in [0.4, 0.5) is 16.0 Å². The second kappa shape index (κ2) is 7.64. The first-order chi connectivity index (χ1) is 12.5. The van der Waals surface area contributed by atoms with Crippen molar-refractivity contribution in [2.24, 2.45) is 0 Å². The van der Waals surface area contributed by atoms with Crippen LogP contribution in [0.5, 0.6) is 5.75 Å². The van der Waals surface area contributed by atoms with E-state index in [0.717, 1.165) is 5.69 Å². The van der Waals surface area contributed by atoms with Crippen LogP contribution in [0.1, 0.15) is 0 Å². The molecule has 2 aromatic carbocycles. The molecule has 0 aliphatic carbocycles. The lowest BCUT2D eigenvalue weighted by molar-refractivity contribution is -0.118. The lowest BCUT2D eigenvalue weighted by Gasteiger charge is -2.09. The molecular weight excluding hydrogens is 337 g/mol. The quantitative estimate of drug-likeness (QED) is 0.735. The molecule has 1 aromatic heterocycles. The van der Waals surface area contributed by atoms with Gasteiger partial charge in [-0.25, -0.2) is 9.07 Å². The number of carbonyl (C=O) groups excluding carboxylic acids is 1. The van der Waals surface area contributed by atoms with Crippen molar-refractivity contribution in [3.8, 4) is 11.4 Å². The summed E-state index contributed by atoms with van der Waals surface area (Å²) in [6, 6.07) is 13.1. The van der Waals surface area contributed by atoms with Crippen LogP contribution < -0.4 is 15.0 Å². The van der Waals surface area contributed by atoms with E-state index in [0.29, 0.717) is 11.6 Å². The molecule has 0 bridgehead atoms. The lowest BCUT2D eigenvalue weighted by atomic mass is 10.3. The molecule has 3 aromatic rings. The molecule has 7 nitrogen and oxygen atoms in total. The Morgan fingerprint density at radius 3 is 2.77 bits per heavy atom. The van der Waals surface area contributed by atoms with Crippen molar-refractivity contribution in [2.75, 3.05) is 30.9 Å². The predicted molar refractivity (Wildman–Crippen MR) is 96.2 cm³/mol. The van der Waals surface area contributed by atoms with E-state index < -0.39 is 11.7 Å². The van der Waals surface area contributed by atoms with Crippen molar-refractivity contribution in [3.63, 3.8) is 0 Å². The van der Waals surface area contributed by atoms with Crippen LogP contribution in [-0.4, -0.2) is 41.4 Å². The van der Waals surface area contributed by atoms with Gasteiger partial charge in [0, 0.05) is 19.8 Å². The van der Waals surface area contributed by atoms with Crippen molar-refractivity contribution in [2.45, 2.75) is 0 Å². The number of halogens is 1. The molecule has 0 atom stereocenters. The minimum Gasteiger partial charge on any atom is -0.481 e. The van der Waals surface area contributed by atoms with E-state index in [1.165, 1.54) is 12.1 Å². The Bertz CT molecular complexity index is 910. The number of carbonyl (C=O) groups is 1. The van der Waals surface area contributed by atoms with Crippen LogP contribution in [0, 0.1) is 5.82 Å². The van der Waals surface area contributed by atoms with Crippen LogP contribution in [0.2, 0.25) is 0 Å². The second-order valence-corrected chi connectivity index (χ2v) is 5.70. The Balaban J connectivity index is 1.64.